The van der Waals surface area contributed by atoms with E-state index in [0.29, 0.717) is 18.9 Å². The van der Waals surface area contributed by atoms with E-state index in [9.17, 15) is 9.59 Å². The predicted molar refractivity (Wildman–Crippen MR) is 79.5 cm³/mol. The van der Waals surface area contributed by atoms with Gasteiger partial charge in [0.2, 0.25) is 11.8 Å². The van der Waals surface area contributed by atoms with E-state index in [0.717, 1.165) is 32.1 Å². The van der Waals surface area contributed by atoms with Crippen LogP contribution >= 0.6 is 0 Å². The molecule has 3 rings (SSSR count). The van der Waals surface area contributed by atoms with E-state index in [1.54, 1.807) is 0 Å². The van der Waals surface area contributed by atoms with Crippen LogP contribution in [0.1, 0.15) is 65.2 Å². The predicted octanol–water partition coefficient (Wildman–Crippen LogP) is 2.80. The summed E-state index contributed by atoms with van der Waals surface area (Å²) in [6.07, 6.45) is 7.84. The maximum absolute atomic E-state index is 12.6. The van der Waals surface area contributed by atoms with Crippen molar-refractivity contribution in [3.05, 3.63) is 0 Å². The first kappa shape index (κ1) is 15.0. The molecule has 3 fully saturated rings. The van der Waals surface area contributed by atoms with Crippen molar-refractivity contribution in [3.8, 4) is 0 Å². The molecule has 4 heteroatoms. The fraction of sp³-hybridized carbons (Fsp3) is 0.882. The lowest BCUT2D eigenvalue weighted by molar-refractivity contribution is -0.169. The molecular weight excluding hydrogens is 266 g/mol. The quantitative estimate of drug-likeness (QED) is 0.797. The molecule has 3 aliphatic rings. The topological polar surface area (TPSA) is 55.4 Å². The minimum absolute atomic E-state index is 0.00692. The Morgan fingerprint density at radius 3 is 2.67 bits per heavy atom. The molecule has 1 N–H and O–H groups in total. The maximum atomic E-state index is 12.6. The van der Waals surface area contributed by atoms with E-state index in [1.807, 2.05) is 0 Å². The van der Waals surface area contributed by atoms with Gasteiger partial charge in [-0.15, -0.1) is 0 Å². The van der Waals surface area contributed by atoms with E-state index in [-0.39, 0.29) is 28.7 Å². The van der Waals surface area contributed by atoms with Crippen molar-refractivity contribution in [2.75, 3.05) is 6.61 Å². The fourth-order valence-corrected chi connectivity index (χ4v) is 5.00. The molecular formula is C17H27NO3. The van der Waals surface area contributed by atoms with Gasteiger partial charge in [-0.25, -0.2) is 0 Å². The Hall–Kier alpha value is -0.900. The van der Waals surface area contributed by atoms with Crippen LogP contribution in [0.3, 0.4) is 0 Å². The lowest BCUT2D eigenvalue weighted by atomic mass is 9.58. The van der Waals surface area contributed by atoms with Crippen LogP contribution in [0.2, 0.25) is 0 Å². The summed E-state index contributed by atoms with van der Waals surface area (Å²) in [5.41, 5.74) is -0.357. The van der Waals surface area contributed by atoms with Crippen LogP contribution in [0.4, 0.5) is 0 Å². The second kappa shape index (κ2) is 5.38. The minimum Gasteiger partial charge on any atom is -0.375 e. The van der Waals surface area contributed by atoms with Crippen LogP contribution in [-0.4, -0.2) is 24.0 Å². The molecule has 4 nitrogen and oxygen atoms in total. The number of carbonyl (C=O) groups excluding carboxylic acids is 2. The van der Waals surface area contributed by atoms with Crippen molar-refractivity contribution in [3.63, 3.8) is 0 Å². The molecule has 1 saturated carbocycles. The molecule has 0 aromatic carbocycles. The Morgan fingerprint density at radius 1 is 1.29 bits per heavy atom. The van der Waals surface area contributed by atoms with Crippen molar-refractivity contribution >= 4 is 11.8 Å². The van der Waals surface area contributed by atoms with Gasteiger partial charge in [0.1, 0.15) is 0 Å². The molecule has 21 heavy (non-hydrogen) atoms. The number of nitrogens with one attached hydrogen (secondary N) is 1. The van der Waals surface area contributed by atoms with E-state index in [2.05, 4.69) is 19.2 Å². The van der Waals surface area contributed by atoms with Gasteiger partial charge in [0.15, 0.2) is 0 Å². The number of carbonyl (C=O) groups is 2. The highest BCUT2D eigenvalue weighted by atomic mass is 16.5. The van der Waals surface area contributed by atoms with Crippen LogP contribution in [0.25, 0.3) is 0 Å². The molecule has 2 aliphatic heterocycles. The Morgan fingerprint density at radius 2 is 2.00 bits per heavy atom. The molecule has 2 heterocycles. The van der Waals surface area contributed by atoms with Gasteiger partial charge in [-0.1, -0.05) is 19.8 Å². The molecule has 3 unspecified atom stereocenters. The zero-order chi connectivity index (χ0) is 15.1. The van der Waals surface area contributed by atoms with Crippen LogP contribution in [0.5, 0.6) is 0 Å². The Labute approximate surface area is 127 Å². The van der Waals surface area contributed by atoms with Gasteiger partial charge in [-0.3, -0.25) is 14.9 Å². The van der Waals surface area contributed by atoms with Crippen LogP contribution in [0, 0.1) is 17.3 Å². The summed E-state index contributed by atoms with van der Waals surface area (Å²) in [4.78, 5) is 24.6. The molecule has 1 spiro atoms. The molecule has 2 saturated heterocycles. The van der Waals surface area contributed by atoms with Crippen molar-refractivity contribution in [2.24, 2.45) is 17.3 Å². The van der Waals surface area contributed by atoms with Crippen molar-refractivity contribution in [2.45, 2.75) is 70.8 Å². The Balaban J connectivity index is 1.93. The number of hydrogen-bond donors (Lipinski definition) is 1. The number of ether oxygens (including phenoxy) is 1. The van der Waals surface area contributed by atoms with Gasteiger partial charge in [0, 0.05) is 18.9 Å². The van der Waals surface area contributed by atoms with E-state index >= 15 is 0 Å². The monoisotopic (exact) mass is 293 g/mol. The lowest BCUT2D eigenvalue weighted by Gasteiger charge is -2.52. The van der Waals surface area contributed by atoms with Gasteiger partial charge in [-0.05, 0) is 50.4 Å². The smallest absolute Gasteiger partial charge is 0.230 e. The number of amides is 2. The third kappa shape index (κ3) is 2.63. The molecule has 0 aromatic rings. The van der Waals surface area contributed by atoms with E-state index in [1.165, 1.54) is 12.8 Å². The summed E-state index contributed by atoms with van der Waals surface area (Å²) in [6, 6.07) is 0. The second-order valence-corrected chi connectivity index (χ2v) is 7.55. The first-order valence-electron chi connectivity index (χ1n) is 8.46. The van der Waals surface area contributed by atoms with E-state index < -0.39 is 0 Å². The van der Waals surface area contributed by atoms with E-state index in [4.69, 9.17) is 4.74 Å². The fourth-order valence-electron chi connectivity index (χ4n) is 5.00. The van der Waals surface area contributed by atoms with Crippen molar-refractivity contribution < 1.29 is 14.3 Å². The SMILES string of the molecule is CCC1(C)CC2(CCO1)CC(=O)NC(=O)C2C1CCCC1. The first-order valence-corrected chi connectivity index (χ1v) is 8.46. The van der Waals surface area contributed by atoms with Crippen LogP contribution in [0.15, 0.2) is 0 Å². The molecule has 2 amide bonds. The van der Waals surface area contributed by atoms with Gasteiger partial charge < -0.3 is 4.74 Å². The highest BCUT2D eigenvalue weighted by molar-refractivity contribution is 6.00. The number of piperidine rings is 1. The molecule has 1 aliphatic carbocycles. The van der Waals surface area contributed by atoms with Crippen molar-refractivity contribution in [1.29, 1.82) is 0 Å². The number of rotatable bonds is 2. The average Bonchev–Trinajstić information content (AvgIpc) is 2.91. The van der Waals surface area contributed by atoms with Crippen LogP contribution < -0.4 is 5.32 Å². The summed E-state index contributed by atoms with van der Waals surface area (Å²) < 4.78 is 5.98. The third-order valence-corrected chi connectivity index (χ3v) is 6.11. The normalized spacial score (nSPS) is 41.5. The summed E-state index contributed by atoms with van der Waals surface area (Å²) in [5, 5.41) is 2.60. The largest absolute Gasteiger partial charge is 0.375 e. The van der Waals surface area contributed by atoms with Crippen molar-refractivity contribution in [1.82, 2.24) is 5.32 Å². The zero-order valence-electron chi connectivity index (χ0n) is 13.2. The summed E-state index contributed by atoms with van der Waals surface area (Å²) in [7, 11) is 0. The van der Waals surface area contributed by atoms with Gasteiger partial charge >= 0.3 is 0 Å². The Kier molecular flexibility index (Phi) is 3.85. The number of hydrogen-bond acceptors (Lipinski definition) is 3. The van der Waals surface area contributed by atoms with Gasteiger partial charge in [-0.2, -0.15) is 0 Å². The standard InChI is InChI=1S/C17H27NO3/c1-3-16(2)11-17(8-9-21-16)10-13(19)18-15(20)14(17)12-6-4-5-7-12/h12,14H,3-11H2,1-2H3,(H,18,19,20). The molecule has 118 valence electrons. The zero-order valence-corrected chi connectivity index (χ0v) is 13.2. The molecule has 0 aromatic heterocycles. The summed E-state index contributed by atoms with van der Waals surface area (Å²) >= 11 is 0. The van der Waals surface area contributed by atoms with Gasteiger partial charge in [0.05, 0.1) is 5.60 Å². The highest BCUT2D eigenvalue weighted by Gasteiger charge is 2.55. The average molecular weight is 293 g/mol. The maximum Gasteiger partial charge on any atom is 0.230 e. The number of imide groups is 1. The molecule has 0 bridgehead atoms. The van der Waals surface area contributed by atoms with Gasteiger partial charge in [0.25, 0.3) is 0 Å². The second-order valence-electron chi connectivity index (χ2n) is 7.55. The lowest BCUT2D eigenvalue weighted by Crippen LogP contribution is -2.58. The minimum atomic E-state index is -0.187. The van der Waals surface area contributed by atoms with Crippen LogP contribution in [-0.2, 0) is 14.3 Å². The molecule has 3 atom stereocenters. The Bertz CT molecular complexity index is 443. The third-order valence-electron chi connectivity index (χ3n) is 6.11. The highest BCUT2D eigenvalue weighted by Crippen LogP contribution is 2.54. The first-order chi connectivity index (χ1) is 9.98. The molecule has 0 radical (unpaired) electrons. The summed E-state index contributed by atoms with van der Waals surface area (Å²) in [6.45, 7) is 4.94. The summed E-state index contributed by atoms with van der Waals surface area (Å²) in [5.74, 6) is 0.359.